The van der Waals surface area contributed by atoms with Gasteiger partial charge in [-0.1, -0.05) is 30.3 Å². The van der Waals surface area contributed by atoms with Gasteiger partial charge in [0.25, 0.3) is 0 Å². The van der Waals surface area contributed by atoms with Gasteiger partial charge in [-0.25, -0.2) is 0 Å². The first-order valence-corrected chi connectivity index (χ1v) is 5.78. The van der Waals surface area contributed by atoms with Crippen LogP contribution < -0.4 is 10.6 Å². The van der Waals surface area contributed by atoms with Gasteiger partial charge in [0.1, 0.15) is 5.82 Å². The second kappa shape index (κ2) is 4.51. The summed E-state index contributed by atoms with van der Waals surface area (Å²) in [5.41, 5.74) is 2.00. The van der Waals surface area contributed by atoms with Crippen molar-refractivity contribution in [2.24, 2.45) is 0 Å². The zero-order valence-corrected chi connectivity index (χ0v) is 9.43. The van der Waals surface area contributed by atoms with Crippen LogP contribution in [0.15, 0.2) is 42.5 Å². The molecule has 4 heteroatoms. The van der Waals surface area contributed by atoms with Crippen molar-refractivity contribution in [2.45, 2.75) is 6.04 Å². The van der Waals surface area contributed by atoms with E-state index in [0.717, 1.165) is 30.2 Å². The zero-order chi connectivity index (χ0) is 11.5. The van der Waals surface area contributed by atoms with Crippen molar-refractivity contribution < 1.29 is 0 Å². The number of nitrogens with one attached hydrogen (secondary N) is 2. The highest BCUT2D eigenvalue weighted by atomic mass is 15.2. The Bertz CT molecular complexity index is 477. The van der Waals surface area contributed by atoms with Gasteiger partial charge in [0.2, 0.25) is 0 Å². The van der Waals surface area contributed by atoms with E-state index in [0.29, 0.717) is 6.04 Å². The van der Waals surface area contributed by atoms with Crippen molar-refractivity contribution in [3.05, 3.63) is 42.5 Å². The maximum Gasteiger partial charge on any atom is 0.148 e. The molecule has 0 radical (unpaired) electrons. The fourth-order valence-electron chi connectivity index (χ4n) is 1.77. The van der Waals surface area contributed by atoms with Crippen LogP contribution in [0.1, 0.15) is 0 Å². The number of hydrogen-bond acceptors (Lipinski definition) is 4. The molecule has 2 aromatic rings. The van der Waals surface area contributed by atoms with Crippen molar-refractivity contribution in [1.29, 1.82) is 0 Å². The largest absolute Gasteiger partial charge is 0.363 e. The van der Waals surface area contributed by atoms with Gasteiger partial charge in [0.15, 0.2) is 0 Å². The highest BCUT2D eigenvalue weighted by molar-refractivity contribution is 5.59. The summed E-state index contributed by atoms with van der Waals surface area (Å²) in [5.74, 6) is 0.844. The molecule has 0 aliphatic carbocycles. The van der Waals surface area contributed by atoms with Crippen molar-refractivity contribution in [3.63, 3.8) is 0 Å². The van der Waals surface area contributed by atoms with E-state index in [1.54, 1.807) is 0 Å². The van der Waals surface area contributed by atoms with Crippen LogP contribution in [-0.2, 0) is 0 Å². The molecule has 3 rings (SSSR count). The van der Waals surface area contributed by atoms with Crippen LogP contribution in [0.5, 0.6) is 0 Å². The van der Waals surface area contributed by atoms with Gasteiger partial charge in [-0.05, 0) is 12.1 Å². The highest BCUT2D eigenvalue weighted by Crippen LogP contribution is 2.16. The van der Waals surface area contributed by atoms with E-state index in [4.69, 9.17) is 0 Å². The molecule has 0 unspecified atom stereocenters. The van der Waals surface area contributed by atoms with Gasteiger partial charge in [0, 0.05) is 18.7 Å². The Balaban J connectivity index is 1.75. The lowest BCUT2D eigenvalue weighted by Gasteiger charge is -2.28. The molecule has 4 nitrogen and oxygen atoms in total. The number of nitrogens with zero attached hydrogens (tertiary/aromatic N) is 2. The van der Waals surface area contributed by atoms with Crippen LogP contribution in [0.25, 0.3) is 11.3 Å². The van der Waals surface area contributed by atoms with E-state index in [1.807, 2.05) is 42.5 Å². The highest BCUT2D eigenvalue weighted by Gasteiger charge is 2.16. The predicted molar refractivity (Wildman–Crippen MR) is 67.7 cm³/mol. The third-order valence-electron chi connectivity index (χ3n) is 2.87. The van der Waals surface area contributed by atoms with Crippen LogP contribution >= 0.6 is 0 Å². The summed E-state index contributed by atoms with van der Waals surface area (Å²) in [5, 5.41) is 14.9. The lowest BCUT2D eigenvalue weighted by Crippen LogP contribution is -2.51. The Labute approximate surface area is 100 Å². The molecule has 0 amide bonds. The Morgan fingerprint density at radius 1 is 1.00 bits per heavy atom. The third kappa shape index (κ3) is 2.26. The van der Waals surface area contributed by atoms with Gasteiger partial charge in [-0.3, -0.25) is 0 Å². The maximum absolute atomic E-state index is 4.23. The molecule has 1 aliphatic heterocycles. The molecule has 0 atom stereocenters. The normalized spacial score (nSPS) is 15.3. The Kier molecular flexibility index (Phi) is 2.71. The average molecular weight is 226 g/mol. The molecule has 17 heavy (non-hydrogen) atoms. The molecular weight excluding hydrogens is 212 g/mol. The molecule has 0 saturated carbocycles. The SMILES string of the molecule is c1ccc(-c2ccc(NC3CNC3)nn2)cc1. The van der Waals surface area contributed by atoms with E-state index in [-0.39, 0.29) is 0 Å². The number of aromatic nitrogens is 2. The van der Waals surface area contributed by atoms with Crippen LogP contribution in [0.2, 0.25) is 0 Å². The summed E-state index contributed by atoms with van der Waals surface area (Å²) < 4.78 is 0. The fourth-order valence-corrected chi connectivity index (χ4v) is 1.77. The fraction of sp³-hybridized carbons (Fsp3) is 0.231. The smallest absolute Gasteiger partial charge is 0.148 e. The van der Waals surface area contributed by atoms with Crippen LogP contribution in [-0.4, -0.2) is 29.3 Å². The van der Waals surface area contributed by atoms with E-state index in [9.17, 15) is 0 Å². The molecule has 0 spiro atoms. The van der Waals surface area contributed by atoms with E-state index in [1.165, 1.54) is 0 Å². The summed E-state index contributed by atoms with van der Waals surface area (Å²) in [6.45, 7) is 2.00. The predicted octanol–water partition coefficient (Wildman–Crippen LogP) is 1.53. The number of benzene rings is 1. The quantitative estimate of drug-likeness (QED) is 0.833. The standard InChI is InChI=1S/C13H14N4/c1-2-4-10(5-3-1)12-6-7-13(17-16-12)15-11-8-14-9-11/h1-7,11,14H,8-9H2,(H,15,17). The second-order valence-corrected chi connectivity index (χ2v) is 4.17. The van der Waals surface area contributed by atoms with Crippen molar-refractivity contribution >= 4 is 5.82 Å². The second-order valence-electron chi connectivity index (χ2n) is 4.17. The summed E-state index contributed by atoms with van der Waals surface area (Å²) >= 11 is 0. The topological polar surface area (TPSA) is 49.8 Å². The molecule has 2 N–H and O–H groups in total. The molecule has 1 aromatic heterocycles. The molecule has 1 saturated heterocycles. The van der Waals surface area contributed by atoms with Crippen LogP contribution in [0.3, 0.4) is 0 Å². The number of hydrogen-bond donors (Lipinski definition) is 2. The van der Waals surface area contributed by atoms with E-state index >= 15 is 0 Å². The van der Waals surface area contributed by atoms with Gasteiger partial charge in [0.05, 0.1) is 11.7 Å². The summed E-state index contributed by atoms with van der Waals surface area (Å²) in [6, 6.07) is 14.5. The Morgan fingerprint density at radius 2 is 1.82 bits per heavy atom. The monoisotopic (exact) mass is 226 g/mol. The van der Waals surface area contributed by atoms with Crippen molar-refractivity contribution in [3.8, 4) is 11.3 Å². The third-order valence-corrected chi connectivity index (χ3v) is 2.87. The first kappa shape index (κ1) is 10.2. The molecule has 1 fully saturated rings. The van der Waals surface area contributed by atoms with Gasteiger partial charge in [-0.15, -0.1) is 10.2 Å². The van der Waals surface area contributed by atoms with E-state index < -0.39 is 0 Å². The van der Waals surface area contributed by atoms with Gasteiger partial charge < -0.3 is 10.6 Å². The lowest BCUT2D eigenvalue weighted by molar-refractivity contribution is 0.470. The first-order chi connectivity index (χ1) is 8.42. The Hall–Kier alpha value is -1.94. The van der Waals surface area contributed by atoms with Crippen LogP contribution in [0.4, 0.5) is 5.82 Å². The summed E-state index contributed by atoms with van der Waals surface area (Å²) in [6.07, 6.45) is 0. The molecule has 2 heterocycles. The molecule has 86 valence electrons. The Morgan fingerprint density at radius 3 is 2.41 bits per heavy atom. The molecular formula is C13H14N4. The van der Waals surface area contributed by atoms with Crippen molar-refractivity contribution in [2.75, 3.05) is 18.4 Å². The molecule has 1 aromatic carbocycles. The zero-order valence-electron chi connectivity index (χ0n) is 9.43. The minimum atomic E-state index is 0.492. The molecule has 1 aliphatic rings. The maximum atomic E-state index is 4.23. The summed E-state index contributed by atoms with van der Waals surface area (Å²) in [7, 11) is 0. The summed E-state index contributed by atoms with van der Waals surface area (Å²) in [4.78, 5) is 0. The van der Waals surface area contributed by atoms with Gasteiger partial charge in [-0.2, -0.15) is 0 Å². The number of rotatable bonds is 3. The average Bonchev–Trinajstić information content (AvgIpc) is 2.36. The van der Waals surface area contributed by atoms with Crippen LogP contribution in [0, 0.1) is 0 Å². The number of anilines is 1. The first-order valence-electron chi connectivity index (χ1n) is 5.78. The van der Waals surface area contributed by atoms with E-state index in [2.05, 4.69) is 20.8 Å². The lowest BCUT2D eigenvalue weighted by atomic mass is 10.1. The minimum absolute atomic E-state index is 0.492. The minimum Gasteiger partial charge on any atom is -0.363 e. The van der Waals surface area contributed by atoms with Crippen molar-refractivity contribution in [1.82, 2.24) is 15.5 Å². The molecule has 0 bridgehead atoms. The van der Waals surface area contributed by atoms with Gasteiger partial charge >= 0.3 is 0 Å².